The van der Waals surface area contributed by atoms with E-state index >= 15 is 0 Å². The van der Waals surface area contributed by atoms with Crippen LogP contribution in [0.25, 0.3) is 0 Å². The van der Waals surface area contributed by atoms with Gasteiger partial charge in [0, 0.05) is 18.1 Å². The van der Waals surface area contributed by atoms with Gasteiger partial charge in [0.05, 0.1) is 12.8 Å². The second-order valence-electron chi connectivity index (χ2n) is 3.06. The molecule has 1 N–H and O–H groups in total. The van der Waals surface area contributed by atoms with Crippen molar-refractivity contribution in [3.05, 3.63) is 48.8 Å². The van der Waals surface area contributed by atoms with Crippen molar-refractivity contribution in [1.29, 1.82) is 0 Å². The predicted octanol–water partition coefficient (Wildman–Crippen LogP) is 2.83. The molecule has 0 amide bonds. The topological polar surface area (TPSA) is 34.1 Å². The molecule has 0 saturated heterocycles. The van der Waals surface area contributed by atoms with Gasteiger partial charge in [-0.25, -0.2) is 0 Å². The highest BCUT2D eigenvalue weighted by atomic mass is 16.5. The second-order valence-corrected chi connectivity index (χ2v) is 3.06. The number of para-hydroxylation sites is 2. The van der Waals surface area contributed by atoms with Crippen LogP contribution in [-0.2, 0) is 0 Å². The average Bonchev–Trinajstić information content (AvgIpc) is 2.31. The first kappa shape index (κ1) is 9.52. The zero-order valence-electron chi connectivity index (χ0n) is 8.47. The Kier molecular flexibility index (Phi) is 2.83. The largest absolute Gasteiger partial charge is 0.495 e. The SMILES string of the molecule is COc1ccccc1Nc1ccncc1. The lowest BCUT2D eigenvalue weighted by Crippen LogP contribution is -1.93. The highest BCUT2D eigenvalue weighted by Gasteiger charge is 2.00. The summed E-state index contributed by atoms with van der Waals surface area (Å²) in [6, 6.07) is 11.6. The van der Waals surface area contributed by atoms with E-state index in [-0.39, 0.29) is 0 Å². The van der Waals surface area contributed by atoms with Gasteiger partial charge in [-0.1, -0.05) is 12.1 Å². The lowest BCUT2D eigenvalue weighted by atomic mass is 10.3. The minimum atomic E-state index is 0.828. The molecule has 0 radical (unpaired) electrons. The van der Waals surface area contributed by atoms with Gasteiger partial charge in [-0.3, -0.25) is 4.98 Å². The molecule has 2 aromatic rings. The number of hydrogen-bond acceptors (Lipinski definition) is 3. The van der Waals surface area contributed by atoms with Crippen LogP contribution in [0.1, 0.15) is 0 Å². The number of aromatic nitrogens is 1. The normalized spacial score (nSPS) is 9.67. The van der Waals surface area contributed by atoms with Crippen LogP contribution in [-0.4, -0.2) is 12.1 Å². The maximum Gasteiger partial charge on any atom is 0.142 e. The number of anilines is 2. The average molecular weight is 200 g/mol. The van der Waals surface area contributed by atoms with Gasteiger partial charge >= 0.3 is 0 Å². The first-order valence-corrected chi connectivity index (χ1v) is 4.70. The highest BCUT2D eigenvalue weighted by molar-refractivity contribution is 5.65. The van der Waals surface area contributed by atoms with E-state index in [1.165, 1.54) is 0 Å². The summed E-state index contributed by atoms with van der Waals surface area (Å²) < 4.78 is 5.24. The van der Waals surface area contributed by atoms with Crippen molar-refractivity contribution in [1.82, 2.24) is 4.98 Å². The molecule has 1 heterocycles. The Morgan fingerprint density at radius 1 is 1.07 bits per heavy atom. The third kappa shape index (κ3) is 2.26. The molecule has 0 atom stereocenters. The van der Waals surface area contributed by atoms with Crippen molar-refractivity contribution in [3.8, 4) is 5.75 Å². The van der Waals surface area contributed by atoms with Crippen molar-refractivity contribution in [2.24, 2.45) is 0 Å². The van der Waals surface area contributed by atoms with Crippen molar-refractivity contribution >= 4 is 11.4 Å². The molecule has 0 aliphatic carbocycles. The molecular formula is C12H12N2O. The molecular weight excluding hydrogens is 188 g/mol. The van der Waals surface area contributed by atoms with Crippen molar-refractivity contribution in [2.45, 2.75) is 0 Å². The van der Waals surface area contributed by atoms with Gasteiger partial charge in [-0.2, -0.15) is 0 Å². The first-order valence-electron chi connectivity index (χ1n) is 4.70. The monoisotopic (exact) mass is 200 g/mol. The molecule has 0 unspecified atom stereocenters. The molecule has 3 nitrogen and oxygen atoms in total. The molecule has 0 bridgehead atoms. The minimum Gasteiger partial charge on any atom is -0.495 e. The Balaban J connectivity index is 2.24. The van der Waals surface area contributed by atoms with Crippen LogP contribution >= 0.6 is 0 Å². The number of benzene rings is 1. The van der Waals surface area contributed by atoms with Crippen LogP contribution < -0.4 is 10.1 Å². The van der Waals surface area contributed by atoms with Crippen LogP contribution in [0.3, 0.4) is 0 Å². The summed E-state index contributed by atoms with van der Waals surface area (Å²) in [6.07, 6.45) is 3.50. The van der Waals surface area contributed by atoms with Crippen LogP contribution in [0.4, 0.5) is 11.4 Å². The van der Waals surface area contributed by atoms with Gasteiger partial charge in [-0.15, -0.1) is 0 Å². The van der Waals surface area contributed by atoms with Gasteiger partial charge in [0.1, 0.15) is 5.75 Å². The van der Waals surface area contributed by atoms with Gasteiger partial charge < -0.3 is 10.1 Å². The van der Waals surface area contributed by atoms with Crippen molar-refractivity contribution in [2.75, 3.05) is 12.4 Å². The third-order valence-electron chi connectivity index (χ3n) is 2.07. The number of nitrogens with zero attached hydrogens (tertiary/aromatic N) is 1. The third-order valence-corrected chi connectivity index (χ3v) is 2.07. The fourth-order valence-corrected chi connectivity index (χ4v) is 1.34. The Labute approximate surface area is 88.7 Å². The van der Waals surface area contributed by atoms with E-state index in [1.807, 2.05) is 36.4 Å². The summed E-state index contributed by atoms with van der Waals surface area (Å²) in [6.45, 7) is 0. The number of methoxy groups -OCH3 is 1. The molecule has 0 spiro atoms. The number of hydrogen-bond donors (Lipinski definition) is 1. The minimum absolute atomic E-state index is 0.828. The van der Waals surface area contributed by atoms with Gasteiger partial charge in [0.2, 0.25) is 0 Å². The van der Waals surface area contributed by atoms with E-state index in [2.05, 4.69) is 10.3 Å². The van der Waals surface area contributed by atoms with E-state index in [0.717, 1.165) is 17.1 Å². The van der Waals surface area contributed by atoms with E-state index in [4.69, 9.17) is 4.74 Å². The molecule has 1 aromatic heterocycles. The Hall–Kier alpha value is -2.03. The first-order chi connectivity index (χ1) is 7.40. The number of pyridine rings is 1. The smallest absolute Gasteiger partial charge is 0.142 e. The maximum absolute atomic E-state index is 5.24. The molecule has 1 aromatic carbocycles. The molecule has 76 valence electrons. The molecule has 2 rings (SSSR count). The summed E-state index contributed by atoms with van der Waals surface area (Å²) in [5.74, 6) is 0.828. The van der Waals surface area contributed by atoms with Gasteiger partial charge in [0.25, 0.3) is 0 Å². The summed E-state index contributed by atoms with van der Waals surface area (Å²) in [7, 11) is 1.66. The second kappa shape index (κ2) is 4.46. The van der Waals surface area contributed by atoms with E-state index < -0.39 is 0 Å². The maximum atomic E-state index is 5.24. The molecule has 3 heteroatoms. The summed E-state index contributed by atoms with van der Waals surface area (Å²) >= 11 is 0. The Morgan fingerprint density at radius 2 is 1.80 bits per heavy atom. The molecule has 15 heavy (non-hydrogen) atoms. The summed E-state index contributed by atoms with van der Waals surface area (Å²) in [5.41, 5.74) is 1.95. The van der Waals surface area contributed by atoms with E-state index in [0.29, 0.717) is 0 Å². The van der Waals surface area contributed by atoms with Gasteiger partial charge in [0.15, 0.2) is 0 Å². The van der Waals surface area contributed by atoms with Gasteiger partial charge in [-0.05, 0) is 24.3 Å². The standard InChI is InChI=1S/C12H12N2O/c1-15-12-5-3-2-4-11(12)14-10-6-8-13-9-7-10/h2-9H,1H3,(H,13,14). The number of nitrogens with one attached hydrogen (secondary N) is 1. The molecule has 0 fully saturated rings. The zero-order chi connectivity index (χ0) is 10.5. The van der Waals surface area contributed by atoms with Crippen LogP contribution in [0, 0.1) is 0 Å². The molecule has 0 aliphatic rings. The summed E-state index contributed by atoms with van der Waals surface area (Å²) in [5, 5.41) is 3.26. The van der Waals surface area contributed by atoms with Crippen LogP contribution in [0.15, 0.2) is 48.8 Å². The Bertz CT molecular complexity index is 429. The number of ether oxygens (including phenoxy) is 1. The lowest BCUT2D eigenvalue weighted by molar-refractivity contribution is 0.417. The van der Waals surface area contributed by atoms with Crippen LogP contribution in [0.5, 0.6) is 5.75 Å². The molecule has 0 aliphatic heterocycles. The quantitative estimate of drug-likeness (QED) is 0.827. The van der Waals surface area contributed by atoms with E-state index in [9.17, 15) is 0 Å². The fourth-order valence-electron chi connectivity index (χ4n) is 1.34. The van der Waals surface area contributed by atoms with Crippen molar-refractivity contribution < 1.29 is 4.74 Å². The van der Waals surface area contributed by atoms with Crippen molar-refractivity contribution in [3.63, 3.8) is 0 Å². The highest BCUT2D eigenvalue weighted by Crippen LogP contribution is 2.26. The summed E-state index contributed by atoms with van der Waals surface area (Å²) in [4.78, 5) is 3.96. The molecule has 0 saturated carbocycles. The lowest BCUT2D eigenvalue weighted by Gasteiger charge is -2.10. The van der Waals surface area contributed by atoms with E-state index in [1.54, 1.807) is 19.5 Å². The number of rotatable bonds is 3. The van der Waals surface area contributed by atoms with Crippen LogP contribution in [0.2, 0.25) is 0 Å². The zero-order valence-corrected chi connectivity index (χ0v) is 8.47. The predicted molar refractivity (Wildman–Crippen MR) is 60.5 cm³/mol. The fraction of sp³-hybridized carbons (Fsp3) is 0.0833. The Morgan fingerprint density at radius 3 is 2.53 bits per heavy atom.